The molecule has 102 valence electrons. The maximum absolute atomic E-state index is 11.6. The Balaban J connectivity index is 2.02. The number of ether oxygens (including phenoxy) is 1. The second-order valence-corrected chi connectivity index (χ2v) is 4.73. The number of methoxy groups -OCH3 is 1. The highest BCUT2D eigenvalue weighted by molar-refractivity contribution is 5.86. The molecule has 2 rings (SSSR count). The Morgan fingerprint density at radius 3 is 2.79 bits per heavy atom. The van der Waals surface area contributed by atoms with Crippen molar-refractivity contribution in [2.75, 3.05) is 7.11 Å². The Hall–Kier alpha value is -2.04. The largest absolute Gasteiger partial charge is 0.497 e. The van der Waals surface area contributed by atoms with Crippen LogP contribution in [0.5, 0.6) is 5.75 Å². The standard InChI is InChI=1S/C14H17NO4/c1-19-11-4-2-3-9(7-11)8-12(14(17)18)15-13(16)10-5-6-10/h2-4,7,10,12H,5-6,8H2,1H3,(H,15,16)(H,17,18)/t12-/m1/s1. The summed E-state index contributed by atoms with van der Waals surface area (Å²) < 4.78 is 5.09. The molecule has 1 aromatic rings. The lowest BCUT2D eigenvalue weighted by Gasteiger charge is -2.14. The van der Waals surface area contributed by atoms with Crippen LogP contribution in [0.1, 0.15) is 18.4 Å². The number of carboxylic acid groups (broad SMARTS) is 1. The summed E-state index contributed by atoms with van der Waals surface area (Å²) in [7, 11) is 1.56. The van der Waals surface area contributed by atoms with Crippen molar-refractivity contribution in [2.45, 2.75) is 25.3 Å². The van der Waals surface area contributed by atoms with Crippen LogP contribution in [0.15, 0.2) is 24.3 Å². The van der Waals surface area contributed by atoms with Crippen LogP contribution in [0.2, 0.25) is 0 Å². The summed E-state index contributed by atoms with van der Waals surface area (Å²) in [5, 5.41) is 11.8. The summed E-state index contributed by atoms with van der Waals surface area (Å²) in [4.78, 5) is 22.8. The van der Waals surface area contributed by atoms with Crippen LogP contribution < -0.4 is 10.1 Å². The van der Waals surface area contributed by atoms with E-state index in [1.54, 1.807) is 25.3 Å². The van der Waals surface area contributed by atoms with E-state index < -0.39 is 12.0 Å². The third-order valence-electron chi connectivity index (χ3n) is 3.14. The molecule has 1 aliphatic rings. The molecule has 19 heavy (non-hydrogen) atoms. The minimum atomic E-state index is -1.02. The molecule has 0 spiro atoms. The second-order valence-electron chi connectivity index (χ2n) is 4.73. The van der Waals surface area contributed by atoms with E-state index in [-0.39, 0.29) is 18.2 Å². The molecule has 0 aliphatic heterocycles. The first-order valence-corrected chi connectivity index (χ1v) is 6.26. The van der Waals surface area contributed by atoms with Gasteiger partial charge in [0.2, 0.25) is 5.91 Å². The number of hydrogen-bond acceptors (Lipinski definition) is 3. The van der Waals surface area contributed by atoms with Crippen molar-refractivity contribution in [3.05, 3.63) is 29.8 Å². The van der Waals surface area contributed by atoms with E-state index in [0.29, 0.717) is 5.75 Å². The summed E-state index contributed by atoms with van der Waals surface area (Å²) in [6.07, 6.45) is 1.97. The van der Waals surface area contributed by atoms with Gasteiger partial charge in [0.1, 0.15) is 11.8 Å². The number of nitrogens with one attached hydrogen (secondary N) is 1. The fourth-order valence-electron chi connectivity index (χ4n) is 1.87. The Morgan fingerprint density at radius 1 is 1.47 bits per heavy atom. The topological polar surface area (TPSA) is 75.6 Å². The smallest absolute Gasteiger partial charge is 0.326 e. The zero-order valence-electron chi connectivity index (χ0n) is 10.8. The Morgan fingerprint density at radius 2 is 2.21 bits per heavy atom. The molecule has 1 amide bonds. The fourth-order valence-corrected chi connectivity index (χ4v) is 1.87. The summed E-state index contributed by atoms with van der Waals surface area (Å²) in [6.45, 7) is 0. The lowest BCUT2D eigenvalue weighted by atomic mass is 10.1. The summed E-state index contributed by atoms with van der Waals surface area (Å²) in [5.74, 6) is -0.491. The van der Waals surface area contributed by atoms with Crippen molar-refractivity contribution in [1.82, 2.24) is 5.32 Å². The van der Waals surface area contributed by atoms with Crippen molar-refractivity contribution in [1.29, 1.82) is 0 Å². The van der Waals surface area contributed by atoms with Gasteiger partial charge in [0.05, 0.1) is 7.11 Å². The molecule has 0 heterocycles. The normalized spacial score (nSPS) is 15.6. The zero-order valence-corrected chi connectivity index (χ0v) is 10.8. The van der Waals surface area contributed by atoms with E-state index in [0.717, 1.165) is 18.4 Å². The quantitative estimate of drug-likeness (QED) is 0.809. The average Bonchev–Trinajstić information content (AvgIpc) is 3.22. The van der Waals surface area contributed by atoms with Crippen LogP contribution in [-0.2, 0) is 16.0 Å². The molecular formula is C14H17NO4. The van der Waals surface area contributed by atoms with E-state index in [4.69, 9.17) is 9.84 Å². The van der Waals surface area contributed by atoms with Gasteiger partial charge >= 0.3 is 5.97 Å². The maximum Gasteiger partial charge on any atom is 0.326 e. The van der Waals surface area contributed by atoms with Gasteiger partial charge in [-0.1, -0.05) is 12.1 Å². The first-order valence-electron chi connectivity index (χ1n) is 6.26. The molecule has 0 saturated heterocycles. The lowest BCUT2D eigenvalue weighted by molar-refractivity contribution is -0.142. The zero-order chi connectivity index (χ0) is 13.8. The van der Waals surface area contributed by atoms with Gasteiger partial charge in [-0.2, -0.15) is 0 Å². The van der Waals surface area contributed by atoms with E-state index in [9.17, 15) is 9.59 Å². The van der Waals surface area contributed by atoms with Crippen LogP contribution in [0, 0.1) is 5.92 Å². The first kappa shape index (κ1) is 13.4. The van der Waals surface area contributed by atoms with Gasteiger partial charge in [-0.25, -0.2) is 4.79 Å². The SMILES string of the molecule is COc1cccc(C[C@@H](NC(=O)C2CC2)C(=O)O)c1. The molecule has 0 radical (unpaired) electrons. The highest BCUT2D eigenvalue weighted by Crippen LogP contribution is 2.29. The highest BCUT2D eigenvalue weighted by atomic mass is 16.5. The average molecular weight is 263 g/mol. The minimum Gasteiger partial charge on any atom is -0.497 e. The molecule has 1 aliphatic carbocycles. The van der Waals surface area contributed by atoms with Crippen LogP contribution in [-0.4, -0.2) is 30.1 Å². The molecular weight excluding hydrogens is 246 g/mol. The third kappa shape index (κ3) is 3.71. The number of benzene rings is 1. The number of carbonyl (C=O) groups excluding carboxylic acids is 1. The van der Waals surface area contributed by atoms with Crippen LogP contribution in [0.25, 0.3) is 0 Å². The monoisotopic (exact) mass is 263 g/mol. The molecule has 2 N–H and O–H groups in total. The predicted molar refractivity (Wildman–Crippen MR) is 69.0 cm³/mol. The Labute approximate surface area is 111 Å². The van der Waals surface area contributed by atoms with Crippen molar-refractivity contribution in [3.8, 4) is 5.75 Å². The number of hydrogen-bond donors (Lipinski definition) is 2. The van der Waals surface area contributed by atoms with E-state index in [2.05, 4.69) is 5.32 Å². The van der Waals surface area contributed by atoms with Gasteiger partial charge in [0.15, 0.2) is 0 Å². The number of amides is 1. The number of carboxylic acids is 1. The highest BCUT2D eigenvalue weighted by Gasteiger charge is 2.32. The van der Waals surface area contributed by atoms with Crippen molar-refractivity contribution >= 4 is 11.9 Å². The van der Waals surface area contributed by atoms with Gasteiger partial charge < -0.3 is 15.2 Å². The molecule has 0 bridgehead atoms. The van der Waals surface area contributed by atoms with Crippen LogP contribution >= 0.6 is 0 Å². The van der Waals surface area contributed by atoms with E-state index >= 15 is 0 Å². The second kappa shape index (κ2) is 5.73. The third-order valence-corrected chi connectivity index (χ3v) is 3.14. The first-order chi connectivity index (χ1) is 9.10. The maximum atomic E-state index is 11.6. The van der Waals surface area contributed by atoms with E-state index in [1.807, 2.05) is 6.07 Å². The van der Waals surface area contributed by atoms with Crippen molar-refractivity contribution in [3.63, 3.8) is 0 Å². The molecule has 0 aromatic heterocycles. The van der Waals surface area contributed by atoms with E-state index in [1.165, 1.54) is 0 Å². The summed E-state index contributed by atoms with van der Waals surface area (Å²) >= 11 is 0. The number of carbonyl (C=O) groups is 2. The number of rotatable bonds is 6. The van der Waals surface area contributed by atoms with Gasteiger partial charge in [0, 0.05) is 12.3 Å². The van der Waals surface area contributed by atoms with Crippen molar-refractivity contribution in [2.24, 2.45) is 5.92 Å². The molecule has 5 heteroatoms. The minimum absolute atomic E-state index is 0.00663. The molecule has 1 aromatic carbocycles. The molecule has 1 saturated carbocycles. The van der Waals surface area contributed by atoms with Gasteiger partial charge in [-0.15, -0.1) is 0 Å². The number of aliphatic carboxylic acids is 1. The lowest BCUT2D eigenvalue weighted by Crippen LogP contribution is -2.43. The van der Waals surface area contributed by atoms with Gasteiger partial charge in [-0.3, -0.25) is 4.79 Å². The Bertz CT molecular complexity index is 482. The summed E-state index contributed by atoms with van der Waals surface area (Å²) in [6, 6.07) is 6.30. The Kier molecular flexibility index (Phi) is 4.04. The molecule has 1 fully saturated rings. The predicted octanol–water partition coefficient (Wildman–Crippen LogP) is 1.22. The fraction of sp³-hybridized carbons (Fsp3) is 0.429. The summed E-state index contributed by atoms with van der Waals surface area (Å²) in [5.41, 5.74) is 0.822. The molecule has 5 nitrogen and oxygen atoms in total. The van der Waals surface area contributed by atoms with Crippen molar-refractivity contribution < 1.29 is 19.4 Å². The van der Waals surface area contributed by atoms with Gasteiger partial charge in [0.25, 0.3) is 0 Å². The molecule has 1 atom stereocenters. The van der Waals surface area contributed by atoms with Gasteiger partial charge in [-0.05, 0) is 30.5 Å². The molecule has 0 unspecified atom stereocenters. The van der Waals surface area contributed by atoms with Crippen LogP contribution in [0.4, 0.5) is 0 Å². The van der Waals surface area contributed by atoms with Crippen LogP contribution in [0.3, 0.4) is 0 Å².